The van der Waals surface area contributed by atoms with Crippen LogP contribution in [-0.2, 0) is 0 Å². The van der Waals surface area contributed by atoms with E-state index in [1.54, 1.807) is 146 Å². The van der Waals surface area contributed by atoms with Gasteiger partial charge in [0, 0.05) is 22.7 Å². The molecule has 0 radical (unpaired) electrons. The Morgan fingerprint density at radius 3 is 0.614 bits per heavy atom. The van der Waals surface area contributed by atoms with Crippen LogP contribution < -0.4 is 42.5 Å². The monoisotopic (exact) mass is 1420 g/mol. The summed E-state index contributed by atoms with van der Waals surface area (Å²) in [6, 6.07) is 45.3. The second kappa shape index (κ2) is 45.7. The summed E-state index contributed by atoms with van der Waals surface area (Å²) in [7, 11) is -10.8. The molecule has 25 heteroatoms. The third-order valence-corrected chi connectivity index (χ3v) is 15.7. The molecule has 0 fully saturated rings. The number of nitrogens with zero attached hydrogens (tertiary/aromatic N) is 6. The number of amides is 8. The first-order valence-electron chi connectivity index (χ1n) is 35.0. The molecule has 0 spiro atoms. The molecule has 6 aromatic rings. The maximum Gasteiger partial charge on any atom is 0.323 e. The van der Waals surface area contributed by atoms with E-state index in [9.17, 15) is 43.8 Å². The molecule has 0 aromatic heterocycles. The molecule has 0 saturated heterocycles. The molecule has 0 bridgehead atoms. The number of carbonyl (C=O) groups excluding carboxylic acids is 4. The Balaban J connectivity index is 0.000000458. The fourth-order valence-corrected chi connectivity index (χ4v) is 10.5. The Bertz CT molecular complexity index is 3170. The number of carbonyl (C=O) groups is 4. The van der Waals surface area contributed by atoms with Crippen LogP contribution in [0.3, 0.4) is 0 Å². The van der Waals surface area contributed by atoms with Crippen LogP contribution in [0.15, 0.2) is 146 Å². The van der Waals surface area contributed by atoms with Gasteiger partial charge in [0.05, 0.1) is 122 Å². The maximum absolute atomic E-state index is 12.3. The van der Waals surface area contributed by atoms with Gasteiger partial charge in [0.15, 0.2) is 0 Å². The summed E-state index contributed by atoms with van der Waals surface area (Å²) in [6.07, 6.45) is 22.1. The van der Waals surface area contributed by atoms with E-state index in [0.717, 1.165) is 0 Å². The van der Waals surface area contributed by atoms with Gasteiger partial charge >= 0.3 is 57.4 Å². The first-order chi connectivity index (χ1) is 48.1. The zero-order valence-electron chi connectivity index (χ0n) is 59.9. The predicted octanol–water partition coefficient (Wildman–Crippen LogP) is 21.6. The molecule has 8 N–H and O–H groups in total. The number of benzene rings is 6. The SMILES string of the molecule is CCCC[N+](CCCC)(CCCC)CCCC.CCCC[N+](CCCC)(CCCC)CCCC.F[Si-2](F)(F)(F)(F)F.N#Cc1cccc(NC(=O)Nc2ccccc2NC(=O)Nc2cccc(C#N)c2)c1.N#Cc1cccc(NC(=O)Nc2ccccc2NC(=O)Nc2cccc(C#N)c2)c1. The number of para-hydroxylation sites is 4. The summed E-state index contributed by atoms with van der Waals surface area (Å²) in [6.45, 7) is 30.0. The van der Waals surface area contributed by atoms with Crippen molar-refractivity contribution in [1.29, 1.82) is 21.0 Å². The van der Waals surface area contributed by atoms with Crippen LogP contribution in [0, 0.1) is 45.3 Å². The number of quaternary nitrogens is 2. The average molecular weight is 1420 g/mol. The fourth-order valence-electron chi connectivity index (χ4n) is 10.5. The van der Waals surface area contributed by atoms with Crippen LogP contribution in [0.2, 0.25) is 0 Å². The minimum atomic E-state index is -10.8. The Hall–Kier alpha value is -9.92. The van der Waals surface area contributed by atoms with Crippen LogP contribution >= 0.6 is 0 Å². The molecule has 6 aromatic carbocycles. The van der Waals surface area contributed by atoms with Crippen molar-refractivity contribution in [2.75, 3.05) is 94.9 Å². The van der Waals surface area contributed by atoms with E-state index >= 15 is 0 Å². The van der Waals surface area contributed by atoms with Gasteiger partial charge in [-0.2, -0.15) is 21.0 Å². The van der Waals surface area contributed by atoms with Gasteiger partial charge < -0.3 is 51.5 Å². The molecule has 548 valence electrons. The van der Waals surface area contributed by atoms with E-state index in [1.807, 2.05) is 24.3 Å². The number of anilines is 8. The average Bonchev–Trinajstić information content (AvgIpc) is 0.790. The Morgan fingerprint density at radius 1 is 0.297 bits per heavy atom. The summed E-state index contributed by atoms with van der Waals surface area (Å²) in [5.74, 6) is 0. The van der Waals surface area contributed by atoms with Crippen LogP contribution in [-0.4, -0.2) is 94.1 Å². The van der Waals surface area contributed by atoms with Crippen molar-refractivity contribution in [2.24, 2.45) is 0 Å². The van der Waals surface area contributed by atoms with Gasteiger partial charge in [0.2, 0.25) is 0 Å². The maximum atomic E-state index is 12.3. The van der Waals surface area contributed by atoms with Crippen molar-refractivity contribution < 1.29 is 52.8 Å². The smallest absolute Gasteiger partial charge is 0.308 e. The molecule has 6 rings (SSSR count). The minimum absolute atomic E-state index is 0.382. The molecule has 0 heterocycles. The van der Waals surface area contributed by atoms with Crippen molar-refractivity contribution in [3.05, 3.63) is 168 Å². The van der Waals surface area contributed by atoms with E-state index < -0.39 is 32.8 Å². The second-order valence-electron chi connectivity index (χ2n) is 24.6. The molecule has 101 heavy (non-hydrogen) atoms. The third-order valence-electron chi connectivity index (χ3n) is 15.7. The molecule has 0 unspecified atom stereocenters. The number of nitrogens with one attached hydrogen (secondary N) is 8. The van der Waals surface area contributed by atoms with Crippen LogP contribution in [0.1, 0.15) is 180 Å². The molecular weight excluding hydrogens is 1320 g/mol. The second-order valence-corrected chi connectivity index (χ2v) is 26.7. The van der Waals surface area contributed by atoms with E-state index in [0.29, 0.717) is 67.8 Å². The van der Waals surface area contributed by atoms with Gasteiger partial charge in [-0.15, -0.1) is 0 Å². The molecule has 0 aliphatic rings. The molecule has 8 amide bonds. The predicted molar refractivity (Wildman–Crippen MR) is 399 cm³/mol. The summed E-state index contributed by atoms with van der Waals surface area (Å²) in [5, 5.41) is 57.0. The molecule has 0 saturated carbocycles. The minimum Gasteiger partial charge on any atom is -0.308 e. The molecule has 18 nitrogen and oxygen atoms in total. The van der Waals surface area contributed by atoms with Gasteiger partial charge in [-0.3, -0.25) is 0 Å². The zero-order valence-corrected chi connectivity index (χ0v) is 60.9. The number of hydrogen-bond acceptors (Lipinski definition) is 8. The van der Waals surface area contributed by atoms with Gasteiger partial charge in [0.1, 0.15) is 0 Å². The van der Waals surface area contributed by atoms with E-state index in [1.165, 1.54) is 164 Å². The van der Waals surface area contributed by atoms with Crippen molar-refractivity contribution in [3.8, 4) is 24.3 Å². The van der Waals surface area contributed by atoms with Gasteiger partial charge in [-0.25, -0.2) is 19.2 Å². The number of hydrogen-bond donors (Lipinski definition) is 8. The summed E-state index contributed by atoms with van der Waals surface area (Å²) >= 11 is 0. The Kier molecular flexibility index (Phi) is 39.4. The van der Waals surface area contributed by atoms with Crippen LogP contribution in [0.25, 0.3) is 0 Å². The zero-order chi connectivity index (χ0) is 75.1. The topological polar surface area (TPSA) is 260 Å². The van der Waals surface area contributed by atoms with Crippen molar-refractivity contribution in [1.82, 2.24) is 0 Å². The number of rotatable bonds is 32. The summed E-state index contributed by atoms with van der Waals surface area (Å²) < 4.78 is 62.1. The molecule has 0 aliphatic heterocycles. The summed E-state index contributed by atoms with van der Waals surface area (Å²) in [5.41, 5.74) is 5.08. The molecule has 0 atom stereocenters. The molecular formula is C76H104F6N14O4Si. The fraction of sp³-hybridized carbons (Fsp3) is 0.421. The van der Waals surface area contributed by atoms with Gasteiger partial charge in [0.25, 0.3) is 0 Å². The number of halogens is 6. The van der Waals surface area contributed by atoms with Crippen molar-refractivity contribution in [2.45, 2.75) is 158 Å². The number of urea groups is 4. The quantitative estimate of drug-likeness (QED) is 0.00870. The van der Waals surface area contributed by atoms with Crippen LogP contribution in [0.4, 0.5) is 89.3 Å². The van der Waals surface area contributed by atoms with E-state index in [-0.39, 0.29) is 0 Å². The Morgan fingerprint density at radius 2 is 0.465 bits per heavy atom. The van der Waals surface area contributed by atoms with Crippen molar-refractivity contribution in [3.63, 3.8) is 0 Å². The normalized spacial score (nSPS) is 11.3. The van der Waals surface area contributed by atoms with E-state index in [4.69, 9.17) is 21.0 Å². The number of nitriles is 4. The summed E-state index contributed by atoms with van der Waals surface area (Å²) in [4.78, 5) is 49.3. The van der Waals surface area contributed by atoms with Crippen LogP contribution in [0.5, 0.6) is 0 Å². The van der Waals surface area contributed by atoms with Crippen molar-refractivity contribution >= 4 is 78.3 Å². The van der Waals surface area contributed by atoms with E-state index in [2.05, 4.69) is 97.9 Å². The first-order valence-corrected chi connectivity index (χ1v) is 37.2. The standard InChI is InChI=1S/2C22H16N6O2.2C16H36N.F6Si/c2*23-13-15-5-3-7-17(11-15)25-21(29)27-19-9-1-2-10-20(19)28-22(30)26-18-8-4-6-16(12-18)14-24;2*1-5-9-13-17(14-10-6-2,15-11-7-3)16-12-8-4;1-7(2,3,4,5)6/h2*1-12H,(H2,25,27,29)(H2,26,28,30);2*5-16H2,1-4H3;/q;;2*+1;-2. The largest absolute Gasteiger partial charge is 0.323 e. The third kappa shape index (κ3) is 40.1. The van der Waals surface area contributed by atoms with Gasteiger partial charge in [-0.1, -0.05) is 155 Å². The molecule has 0 aliphatic carbocycles. The van der Waals surface area contributed by atoms with Gasteiger partial charge in [-0.05, 0) is 148 Å². The Labute approximate surface area is 594 Å². The number of unbranched alkanes of at least 4 members (excludes halogenated alkanes) is 8. The first kappa shape index (κ1) is 87.2.